The highest BCUT2D eigenvalue weighted by atomic mass is 32.2. The van der Waals surface area contributed by atoms with E-state index in [1.807, 2.05) is 24.3 Å². The lowest BCUT2D eigenvalue weighted by molar-refractivity contribution is 0.539. The van der Waals surface area contributed by atoms with Crippen molar-refractivity contribution in [3.8, 4) is 0 Å². The average molecular weight is 306 g/mol. The van der Waals surface area contributed by atoms with Crippen LogP contribution in [0.2, 0.25) is 0 Å². The maximum absolute atomic E-state index is 13.7. The van der Waals surface area contributed by atoms with Crippen LogP contribution in [0, 0.1) is 5.82 Å². The molecule has 0 radical (unpaired) electrons. The number of benzene rings is 2. The third kappa shape index (κ3) is 2.64. The predicted molar refractivity (Wildman–Crippen MR) is 78.9 cm³/mol. The van der Waals surface area contributed by atoms with Crippen molar-refractivity contribution in [2.24, 2.45) is 0 Å². The van der Waals surface area contributed by atoms with Gasteiger partial charge in [-0.15, -0.1) is 0 Å². The highest BCUT2D eigenvalue weighted by Crippen LogP contribution is 2.34. The topological polar surface area (TPSA) is 72.2 Å². The van der Waals surface area contributed by atoms with Gasteiger partial charge in [0.1, 0.15) is 10.7 Å². The molecule has 0 aromatic heterocycles. The van der Waals surface area contributed by atoms with Gasteiger partial charge in [0.25, 0.3) is 0 Å². The molecule has 110 valence electrons. The van der Waals surface area contributed by atoms with Crippen molar-refractivity contribution in [1.29, 1.82) is 0 Å². The summed E-state index contributed by atoms with van der Waals surface area (Å²) in [7, 11) is -3.86. The molecule has 1 aliphatic rings. The Kier molecular flexibility index (Phi) is 3.43. The van der Waals surface area contributed by atoms with Gasteiger partial charge in [0.2, 0.25) is 10.0 Å². The maximum atomic E-state index is 13.7. The standard InChI is InChI=1S/C15H15FN2O2S/c16-14-8-12(17)5-6-15(14)21(19,20)18-9-11-7-10-3-1-2-4-13(10)11/h1-6,8,11,18H,7,9,17H2. The van der Waals surface area contributed by atoms with Crippen molar-refractivity contribution in [3.05, 3.63) is 59.4 Å². The molecule has 0 fully saturated rings. The van der Waals surface area contributed by atoms with Crippen LogP contribution in [0.3, 0.4) is 0 Å². The normalized spacial score (nSPS) is 17.1. The number of hydrogen-bond donors (Lipinski definition) is 2. The Morgan fingerprint density at radius 2 is 2.00 bits per heavy atom. The van der Waals surface area contributed by atoms with E-state index in [1.165, 1.54) is 17.7 Å². The molecule has 0 aliphatic heterocycles. The Bertz CT molecular complexity index is 790. The third-order valence-corrected chi connectivity index (χ3v) is 5.18. The van der Waals surface area contributed by atoms with Crippen LogP contribution in [0.25, 0.3) is 0 Å². The van der Waals surface area contributed by atoms with E-state index < -0.39 is 15.8 Å². The van der Waals surface area contributed by atoms with Crippen LogP contribution in [-0.4, -0.2) is 15.0 Å². The van der Waals surface area contributed by atoms with Gasteiger partial charge >= 0.3 is 0 Å². The van der Waals surface area contributed by atoms with E-state index in [-0.39, 0.29) is 23.0 Å². The summed E-state index contributed by atoms with van der Waals surface area (Å²) in [6, 6.07) is 11.5. The lowest BCUT2D eigenvalue weighted by atomic mass is 9.78. The summed E-state index contributed by atoms with van der Waals surface area (Å²) >= 11 is 0. The first-order valence-electron chi connectivity index (χ1n) is 6.60. The van der Waals surface area contributed by atoms with Crippen molar-refractivity contribution in [2.75, 3.05) is 12.3 Å². The molecule has 2 aromatic rings. The Morgan fingerprint density at radius 3 is 2.71 bits per heavy atom. The Balaban J connectivity index is 1.73. The second kappa shape index (κ2) is 5.13. The van der Waals surface area contributed by atoms with Crippen LogP contribution in [0.5, 0.6) is 0 Å². The minimum Gasteiger partial charge on any atom is -0.399 e. The predicted octanol–water partition coefficient (Wildman–Crippen LogP) is 2.03. The molecule has 3 rings (SSSR count). The maximum Gasteiger partial charge on any atom is 0.243 e. The molecule has 0 saturated heterocycles. The summed E-state index contributed by atoms with van der Waals surface area (Å²) in [6.45, 7) is 0.267. The SMILES string of the molecule is Nc1ccc(S(=O)(=O)NCC2Cc3ccccc32)c(F)c1. The summed E-state index contributed by atoms with van der Waals surface area (Å²) in [5, 5.41) is 0. The highest BCUT2D eigenvalue weighted by Gasteiger charge is 2.27. The molecule has 6 heteroatoms. The number of fused-ring (bicyclic) bond motifs is 1. The van der Waals surface area contributed by atoms with Gasteiger partial charge in [0, 0.05) is 18.2 Å². The van der Waals surface area contributed by atoms with E-state index in [9.17, 15) is 12.8 Å². The molecule has 1 atom stereocenters. The van der Waals surface area contributed by atoms with E-state index in [0.717, 1.165) is 18.1 Å². The molecule has 0 saturated carbocycles. The molecule has 21 heavy (non-hydrogen) atoms. The van der Waals surface area contributed by atoms with Crippen LogP contribution in [-0.2, 0) is 16.4 Å². The van der Waals surface area contributed by atoms with Crippen LogP contribution in [0.4, 0.5) is 10.1 Å². The lowest BCUT2D eigenvalue weighted by Crippen LogP contribution is -2.33. The van der Waals surface area contributed by atoms with Gasteiger partial charge in [-0.2, -0.15) is 0 Å². The van der Waals surface area contributed by atoms with Crippen molar-refractivity contribution >= 4 is 15.7 Å². The number of hydrogen-bond acceptors (Lipinski definition) is 3. The molecule has 3 N–H and O–H groups in total. The summed E-state index contributed by atoms with van der Waals surface area (Å²) in [5.74, 6) is -0.690. The molecular formula is C15H15FN2O2S. The molecule has 4 nitrogen and oxygen atoms in total. The first-order chi connectivity index (χ1) is 9.97. The molecule has 0 spiro atoms. The summed E-state index contributed by atoms with van der Waals surface area (Å²) in [6.07, 6.45) is 0.836. The number of rotatable bonds is 4. The first-order valence-corrected chi connectivity index (χ1v) is 8.08. The van der Waals surface area contributed by atoms with Crippen molar-refractivity contribution < 1.29 is 12.8 Å². The lowest BCUT2D eigenvalue weighted by Gasteiger charge is -2.30. The number of nitrogen functional groups attached to an aromatic ring is 1. The van der Waals surface area contributed by atoms with Gasteiger partial charge in [0.05, 0.1) is 0 Å². The minimum absolute atomic E-state index is 0.146. The van der Waals surface area contributed by atoms with E-state index in [2.05, 4.69) is 4.72 Å². The average Bonchev–Trinajstić information content (AvgIpc) is 2.39. The van der Waals surface area contributed by atoms with E-state index in [1.54, 1.807) is 0 Å². The molecule has 0 heterocycles. The van der Waals surface area contributed by atoms with Gasteiger partial charge < -0.3 is 5.73 Å². The molecule has 0 amide bonds. The smallest absolute Gasteiger partial charge is 0.243 e. The van der Waals surface area contributed by atoms with Gasteiger partial charge in [-0.3, -0.25) is 0 Å². The fourth-order valence-electron chi connectivity index (χ4n) is 2.57. The molecule has 1 unspecified atom stereocenters. The number of nitrogens with two attached hydrogens (primary N) is 1. The summed E-state index contributed by atoms with van der Waals surface area (Å²) in [5.41, 5.74) is 8.00. The fourth-order valence-corrected chi connectivity index (χ4v) is 3.71. The summed E-state index contributed by atoms with van der Waals surface area (Å²) < 4.78 is 40.4. The number of anilines is 1. The Morgan fingerprint density at radius 1 is 1.24 bits per heavy atom. The van der Waals surface area contributed by atoms with E-state index >= 15 is 0 Å². The van der Waals surface area contributed by atoms with Crippen LogP contribution in [0.1, 0.15) is 17.0 Å². The number of sulfonamides is 1. The number of halogens is 1. The molecular weight excluding hydrogens is 291 g/mol. The van der Waals surface area contributed by atoms with Crippen LogP contribution < -0.4 is 10.5 Å². The van der Waals surface area contributed by atoms with Crippen molar-refractivity contribution in [2.45, 2.75) is 17.2 Å². The second-order valence-electron chi connectivity index (χ2n) is 5.14. The largest absolute Gasteiger partial charge is 0.399 e. The van der Waals surface area contributed by atoms with Crippen molar-refractivity contribution in [1.82, 2.24) is 4.72 Å². The summed E-state index contributed by atoms with van der Waals surface area (Å²) in [4.78, 5) is -0.371. The second-order valence-corrected chi connectivity index (χ2v) is 6.88. The number of nitrogens with one attached hydrogen (secondary N) is 1. The minimum atomic E-state index is -3.86. The molecule has 2 aromatic carbocycles. The van der Waals surface area contributed by atoms with Crippen molar-refractivity contribution in [3.63, 3.8) is 0 Å². The van der Waals surface area contributed by atoms with Crippen LogP contribution in [0.15, 0.2) is 47.4 Å². The van der Waals surface area contributed by atoms with E-state index in [4.69, 9.17) is 5.73 Å². The fraction of sp³-hybridized carbons (Fsp3) is 0.200. The monoisotopic (exact) mass is 306 g/mol. The zero-order valence-electron chi connectivity index (χ0n) is 11.2. The highest BCUT2D eigenvalue weighted by molar-refractivity contribution is 7.89. The third-order valence-electron chi connectivity index (χ3n) is 3.73. The molecule has 0 bridgehead atoms. The zero-order chi connectivity index (χ0) is 15.0. The quantitative estimate of drug-likeness (QED) is 0.849. The van der Waals surface area contributed by atoms with Gasteiger partial charge in [-0.25, -0.2) is 17.5 Å². The Hall–Kier alpha value is -1.92. The zero-order valence-corrected chi connectivity index (χ0v) is 12.0. The first kappa shape index (κ1) is 14.0. The van der Waals surface area contributed by atoms with Gasteiger partial charge in [-0.1, -0.05) is 24.3 Å². The van der Waals surface area contributed by atoms with Gasteiger partial charge in [-0.05, 0) is 35.7 Å². The Labute approximate surface area is 122 Å². The van der Waals surface area contributed by atoms with E-state index in [0.29, 0.717) is 0 Å². The van der Waals surface area contributed by atoms with Gasteiger partial charge in [0.15, 0.2) is 0 Å². The van der Waals surface area contributed by atoms with Crippen LogP contribution >= 0.6 is 0 Å². The molecule has 1 aliphatic carbocycles.